The molecule has 0 unspecified atom stereocenters. The molecule has 0 radical (unpaired) electrons. The molecule has 0 aliphatic rings. The molecule has 0 aromatic carbocycles. The standard InChI is InChI=1S/C7H14O3/c1-3-7(4-8,5-9)6(2)10/h8-9H,3-5H2,1-2H3. The first-order valence-corrected chi connectivity index (χ1v) is 3.35. The third kappa shape index (κ3) is 1.55. The van der Waals surface area contributed by atoms with Crippen LogP contribution in [0.5, 0.6) is 0 Å². The largest absolute Gasteiger partial charge is 0.395 e. The molecular formula is C7H14O3. The van der Waals surface area contributed by atoms with E-state index in [1.165, 1.54) is 6.92 Å². The number of ketones is 1. The quantitative estimate of drug-likeness (QED) is 0.585. The molecule has 2 N–H and O–H groups in total. The van der Waals surface area contributed by atoms with Crippen molar-refractivity contribution in [3.8, 4) is 0 Å². The SMILES string of the molecule is CCC(CO)(CO)C(C)=O. The molecule has 0 aromatic heterocycles. The Balaban J connectivity index is 4.31. The van der Waals surface area contributed by atoms with Crippen molar-refractivity contribution < 1.29 is 15.0 Å². The summed E-state index contributed by atoms with van der Waals surface area (Å²) in [6.45, 7) is 2.62. The maximum Gasteiger partial charge on any atom is 0.140 e. The molecule has 0 fully saturated rings. The van der Waals surface area contributed by atoms with Crippen LogP contribution in [0.2, 0.25) is 0 Å². The molecule has 0 atom stereocenters. The van der Waals surface area contributed by atoms with Crippen molar-refractivity contribution in [3.05, 3.63) is 0 Å². The Hall–Kier alpha value is -0.410. The first-order valence-electron chi connectivity index (χ1n) is 3.35. The molecule has 0 aliphatic carbocycles. The van der Waals surface area contributed by atoms with Crippen molar-refractivity contribution in [1.82, 2.24) is 0 Å². The molecule has 0 amide bonds. The van der Waals surface area contributed by atoms with Gasteiger partial charge in [0.1, 0.15) is 5.78 Å². The highest BCUT2D eigenvalue weighted by Gasteiger charge is 2.31. The number of Topliss-reactive ketones (excluding diaryl/α,β-unsaturated/α-hetero) is 1. The molecule has 0 aromatic rings. The van der Waals surface area contributed by atoms with Gasteiger partial charge in [-0.05, 0) is 13.3 Å². The number of rotatable bonds is 4. The Bertz CT molecular complexity index is 108. The minimum absolute atomic E-state index is 0.153. The molecule has 0 saturated heterocycles. The van der Waals surface area contributed by atoms with E-state index in [0.29, 0.717) is 6.42 Å². The molecule has 0 aliphatic heterocycles. The molecule has 0 bridgehead atoms. The summed E-state index contributed by atoms with van der Waals surface area (Å²) >= 11 is 0. The van der Waals surface area contributed by atoms with E-state index in [1.54, 1.807) is 6.92 Å². The van der Waals surface area contributed by atoms with Gasteiger partial charge in [0, 0.05) is 0 Å². The molecule has 0 spiro atoms. The Morgan fingerprint density at radius 2 is 1.80 bits per heavy atom. The van der Waals surface area contributed by atoms with Crippen molar-refractivity contribution in [3.63, 3.8) is 0 Å². The predicted octanol–water partition coefficient (Wildman–Crippen LogP) is -0.0436. The molecule has 3 heteroatoms. The Morgan fingerprint density at radius 3 is 1.80 bits per heavy atom. The zero-order valence-corrected chi connectivity index (χ0v) is 6.42. The number of carbonyl (C=O) groups excluding carboxylic acids is 1. The van der Waals surface area contributed by atoms with Gasteiger partial charge in [0.2, 0.25) is 0 Å². The van der Waals surface area contributed by atoms with Gasteiger partial charge in [-0.3, -0.25) is 4.79 Å². The number of hydrogen-bond donors (Lipinski definition) is 2. The van der Waals surface area contributed by atoms with Gasteiger partial charge >= 0.3 is 0 Å². The van der Waals surface area contributed by atoms with Crippen LogP contribution in [-0.4, -0.2) is 29.2 Å². The highest BCUT2D eigenvalue weighted by Crippen LogP contribution is 2.20. The minimum Gasteiger partial charge on any atom is -0.395 e. The van der Waals surface area contributed by atoms with Crippen molar-refractivity contribution in [2.75, 3.05) is 13.2 Å². The topological polar surface area (TPSA) is 57.5 Å². The highest BCUT2D eigenvalue weighted by atomic mass is 16.3. The Morgan fingerprint density at radius 1 is 1.40 bits per heavy atom. The lowest BCUT2D eigenvalue weighted by molar-refractivity contribution is -0.131. The monoisotopic (exact) mass is 146 g/mol. The molecular weight excluding hydrogens is 132 g/mol. The fraction of sp³-hybridized carbons (Fsp3) is 0.857. The zero-order valence-electron chi connectivity index (χ0n) is 6.42. The van der Waals surface area contributed by atoms with Crippen LogP contribution in [0.15, 0.2) is 0 Å². The summed E-state index contributed by atoms with van der Waals surface area (Å²) in [5.41, 5.74) is -0.903. The van der Waals surface area contributed by atoms with Crippen LogP contribution in [-0.2, 0) is 4.79 Å². The summed E-state index contributed by atoms with van der Waals surface area (Å²) in [6, 6.07) is 0. The number of aliphatic hydroxyl groups is 2. The summed E-state index contributed by atoms with van der Waals surface area (Å²) in [5, 5.41) is 17.5. The smallest absolute Gasteiger partial charge is 0.140 e. The fourth-order valence-electron chi connectivity index (χ4n) is 0.745. The second kappa shape index (κ2) is 3.68. The van der Waals surface area contributed by atoms with Gasteiger partial charge in [0.25, 0.3) is 0 Å². The van der Waals surface area contributed by atoms with E-state index < -0.39 is 5.41 Å². The first-order chi connectivity index (χ1) is 4.63. The average Bonchev–Trinajstić information content (AvgIpc) is 1.92. The molecule has 3 nitrogen and oxygen atoms in total. The third-order valence-corrected chi connectivity index (χ3v) is 2.03. The van der Waals surface area contributed by atoms with Crippen LogP contribution in [0.3, 0.4) is 0 Å². The molecule has 10 heavy (non-hydrogen) atoms. The van der Waals surface area contributed by atoms with Gasteiger partial charge in [-0.25, -0.2) is 0 Å². The predicted molar refractivity (Wildman–Crippen MR) is 37.6 cm³/mol. The van der Waals surface area contributed by atoms with Crippen molar-refractivity contribution in [1.29, 1.82) is 0 Å². The van der Waals surface area contributed by atoms with Crippen LogP contribution in [0.25, 0.3) is 0 Å². The maximum atomic E-state index is 10.8. The van der Waals surface area contributed by atoms with E-state index in [1.807, 2.05) is 0 Å². The second-order valence-corrected chi connectivity index (χ2v) is 2.51. The first kappa shape index (κ1) is 9.59. The van der Waals surface area contributed by atoms with E-state index in [0.717, 1.165) is 0 Å². The molecule has 0 rings (SSSR count). The summed E-state index contributed by atoms with van der Waals surface area (Å²) in [4.78, 5) is 10.8. The number of carbonyl (C=O) groups is 1. The minimum atomic E-state index is -0.903. The summed E-state index contributed by atoms with van der Waals surface area (Å²) < 4.78 is 0. The van der Waals surface area contributed by atoms with Crippen LogP contribution in [0.1, 0.15) is 20.3 Å². The van der Waals surface area contributed by atoms with Gasteiger partial charge in [0.15, 0.2) is 0 Å². The van der Waals surface area contributed by atoms with Gasteiger partial charge in [-0.15, -0.1) is 0 Å². The number of aliphatic hydroxyl groups excluding tert-OH is 2. The lowest BCUT2D eigenvalue weighted by Crippen LogP contribution is -2.36. The Labute approximate surface area is 60.7 Å². The normalized spacial score (nSPS) is 11.6. The van der Waals surface area contributed by atoms with E-state index in [-0.39, 0.29) is 19.0 Å². The highest BCUT2D eigenvalue weighted by molar-refractivity contribution is 5.82. The lowest BCUT2D eigenvalue weighted by atomic mass is 9.83. The van der Waals surface area contributed by atoms with Crippen LogP contribution < -0.4 is 0 Å². The van der Waals surface area contributed by atoms with E-state index in [2.05, 4.69) is 0 Å². The summed E-state index contributed by atoms with van der Waals surface area (Å²) in [6.07, 6.45) is 0.481. The zero-order chi connectivity index (χ0) is 8.20. The molecule has 60 valence electrons. The fourth-order valence-corrected chi connectivity index (χ4v) is 0.745. The average molecular weight is 146 g/mol. The van der Waals surface area contributed by atoms with Gasteiger partial charge in [-0.1, -0.05) is 6.92 Å². The second-order valence-electron chi connectivity index (χ2n) is 2.51. The van der Waals surface area contributed by atoms with Crippen molar-refractivity contribution >= 4 is 5.78 Å². The lowest BCUT2D eigenvalue weighted by Gasteiger charge is -2.24. The van der Waals surface area contributed by atoms with Crippen molar-refractivity contribution in [2.45, 2.75) is 20.3 Å². The van der Waals surface area contributed by atoms with Gasteiger partial charge in [0.05, 0.1) is 18.6 Å². The van der Waals surface area contributed by atoms with Gasteiger partial charge in [-0.2, -0.15) is 0 Å². The summed E-state index contributed by atoms with van der Waals surface area (Å²) in [5.74, 6) is -0.153. The van der Waals surface area contributed by atoms with E-state index in [9.17, 15) is 4.79 Å². The van der Waals surface area contributed by atoms with Crippen LogP contribution in [0, 0.1) is 5.41 Å². The maximum absolute atomic E-state index is 10.8. The van der Waals surface area contributed by atoms with Crippen LogP contribution in [0.4, 0.5) is 0 Å². The molecule has 0 saturated carbocycles. The Kier molecular flexibility index (Phi) is 3.53. The van der Waals surface area contributed by atoms with Crippen LogP contribution >= 0.6 is 0 Å². The molecule has 0 heterocycles. The number of hydrogen-bond acceptors (Lipinski definition) is 3. The third-order valence-electron chi connectivity index (χ3n) is 2.03. The van der Waals surface area contributed by atoms with E-state index in [4.69, 9.17) is 10.2 Å². The van der Waals surface area contributed by atoms with Crippen molar-refractivity contribution in [2.24, 2.45) is 5.41 Å². The van der Waals surface area contributed by atoms with Gasteiger partial charge < -0.3 is 10.2 Å². The summed E-state index contributed by atoms with van der Waals surface area (Å²) in [7, 11) is 0. The van der Waals surface area contributed by atoms with E-state index >= 15 is 0 Å².